The number of aromatic hydroxyl groups is 1. The van der Waals surface area contributed by atoms with Crippen LogP contribution in [0.4, 0.5) is 5.69 Å². The molecule has 148 valence electrons. The molecule has 0 unspecified atom stereocenters. The van der Waals surface area contributed by atoms with Crippen molar-refractivity contribution >= 4 is 45.4 Å². The monoisotopic (exact) mass is 477 g/mol. The van der Waals surface area contributed by atoms with Crippen LogP contribution in [0.25, 0.3) is 12.2 Å². The molecule has 0 amide bonds. The summed E-state index contributed by atoms with van der Waals surface area (Å²) in [4.78, 5) is 27.4. The Hall–Kier alpha value is -3.17. The van der Waals surface area contributed by atoms with Gasteiger partial charge in [-0.05, 0) is 48.0 Å². The fraction of sp³-hybridized carbons (Fsp3) is 0.0526. The van der Waals surface area contributed by atoms with E-state index in [1.807, 2.05) is 18.2 Å². The largest absolute Gasteiger partial charge is 0.488 e. The molecule has 0 bridgehead atoms. The second kappa shape index (κ2) is 8.89. The Kier molecular flexibility index (Phi) is 6.30. The fourth-order valence-corrected chi connectivity index (χ4v) is 2.91. The van der Waals surface area contributed by atoms with Crippen LogP contribution in [0.1, 0.15) is 17.0 Å². The minimum Gasteiger partial charge on any atom is -0.488 e. The zero-order valence-electron chi connectivity index (χ0n) is 14.6. The zero-order valence-corrected chi connectivity index (χ0v) is 17.0. The lowest BCUT2D eigenvalue weighted by Gasteiger charge is -2.10. The molecule has 0 radical (unpaired) electrons. The highest BCUT2D eigenvalue weighted by Crippen LogP contribution is 2.26. The second-order valence-electron chi connectivity index (χ2n) is 5.81. The van der Waals surface area contributed by atoms with Gasteiger partial charge in [0.1, 0.15) is 18.2 Å². The number of halogens is 2. The van der Waals surface area contributed by atoms with Gasteiger partial charge in [-0.1, -0.05) is 39.7 Å². The van der Waals surface area contributed by atoms with E-state index in [9.17, 15) is 20.0 Å². The lowest BCUT2D eigenvalue weighted by atomic mass is 10.2. The summed E-state index contributed by atoms with van der Waals surface area (Å²) in [5, 5.41) is 21.0. The molecule has 2 N–H and O–H groups in total. The molecule has 10 heteroatoms. The van der Waals surface area contributed by atoms with E-state index in [1.54, 1.807) is 30.3 Å². The number of hydrogen-bond acceptors (Lipinski definition) is 6. The average molecular weight is 479 g/mol. The first-order chi connectivity index (χ1) is 13.8. The van der Waals surface area contributed by atoms with E-state index < -0.39 is 22.0 Å². The molecule has 0 saturated heterocycles. The maximum atomic E-state index is 11.7. The van der Waals surface area contributed by atoms with Gasteiger partial charge in [-0.15, -0.1) is 0 Å². The smallest absolute Gasteiger partial charge is 0.395 e. The fourth-order valence-electron chi connectivity index (χ4n) is 2.41. The number of nitrogens with one attached hydrogen (secondary N) is 1. The van der Waals surface area contributed by atoms with Crippen LogP contribution in [0, 0.1) is 10.1 Å². The summed E-state index contributed by atoms with van der Waals surface area (Å²) < 4.78 is 6.65. The molecule has 0 aliphatic rings. The second-order valence-corrected chi connectivity index (χ2v) is 7.16. The summed E-state index contributed by atoms with van der Waals surface area (Å²) in [6.45, 7) is 0.313. The maximum Gasteiger partial charge on any atom is 0.395 e. The topological polar surface area (TPSA) is 118 Å². The number of nitrogens with zero attached hydrogens (tertiary/aromatic N) is 2. The Labute approximate surface area is 177 Å². The first kappa shape index (κ1) is 20.6. The Morgan fingerprint density at radius 1 is 1.24 bits per heavy atom. The van der Waals surface area contributed by atoms with Crippen molar-refractivity contribution in [3.63, 3.8) is 0 Å². The molecule has 1 aromatic heterocycles. The zero-order chi connectivity index (χ0) is 21.0. The van der Waals surface area contributed by atoms with Crippen molar-refractivity contribution in [1.82, 2.24) is 9.97 Å². The van der Waals surface area contributed by atoms with Crippen LogP contribution >= 0.6 is 27.5 Å². The molecule has 3 aromatic rings. The van der Waals surface area contributed by atoms with Gasteiger partial charge in [-0.3, -0.25) is 14.9 Å². The predicted molar refractivity (Wildman–Crippen MR) is 112 cm³/mol. The van der Waals surface area contributed by atoms with E-state index in [0.717, 1.165) is 10.0 Å². The molecule has 0 aliphatic carbocycles. The highest BCUT2D eigenvalue weighted by Gasteiger charge is 2.21. The first-order valence-electron chi connectivity index (χ1n) is 8.16. The third-order valence-electron chi connectivity index (χ3n) is 3.78. The number of nitro groups is 1. The molecule has 0 saturated carbocycles. The number of H-pyrrole nitrogens is 1. The molecule has 1 heterocycles. The quantitative estimate of drug-likeness (QED) is 0.396. The van der Waals surface area contributed by atoms with Crippen molar-refractivity contribution in [3.8, 4) is 11.6 Å². The van der Waals surface area contributed by atoms with Crippen LogP contribution in [-0.2, 0) is 6.61 Å². The van der Waals surface area contributed by atoms with Gasteiger partial charge >= 0.3 is 11.2 Å². The number of aromatic nitrogens is 2. The minimum absolute atomic E-state index is 0.0401. The van der Waals surface area contributed by atoms with Gasteiger partial charge < -0.3 is 14.8 Å². The van der Waals surface area contributed by atoms with Gasteiger partial charge in [0, 0.05) is 15.1 Å². The van der Waals surface area contributed by atoms with Crippen LogP contribution in [-0.4, -0.2) is 20.0 Å². The summed E-state index contributed by atoms with van der Waals surface area (Å²) in [7, 11) is 0. The van der Waals surface area contributed by atoms with Crippen LogP contribution in [0.2, 0.25) is 5.02 Å². The van der Waals surface area contributed by atoms with E-state index in [4.69, 9.17) is 16.3 Å². The number of hydrogen-bond donors (Lipinski definition) is 2. The van der Waals surface area contributed by atoms with Crippen molar-refractivity contribution in [1.29, 1.82) is 0 Å². The van der Waals surface area contributed by atoms with Gasteiger partial charge in [-0.2, -0.15) is 4.98 Å². The van der Waals surface area contributed by atoms with E-state index in [0.29, 0.717) is 22.9 Å². The van der Waals surface area contributed by atoms with Crippen molar-refractivity contribution in [3.05, 3.63) is 89.4 Å². The lowest BCUT2D eigenvalue weighted by Crippen LogP contribution is -2.14. The summed E-state index contributed by atoms with van der Waals surface area (Å²) >= 11 is 9.26. The van der Waals surface area contributed by atoms with Crippen LogP contribution < -0.4 is 10.3 Å². The molecule has 2 aromatic carbocycles. The van der Waals surface area contributed by atoms with Crippen molar-refractivity contribution in [2.75, 3.05) is 0 Å². The lowest BCUT2D eigenvalue weighted by molar-refractivity contribution is -0.387. The van der Waals surface area contributed by atoms with E-state index in [-0.39, 0.29) is 5.82 Å². The molecule has 8 nitrogen and oxygen atoms in total. The Bertz CT molecular complexity index is 1150. The molecule has 0 fully saturated rings. The predicted octanol–water partition coefficient (Wildman–Crippen LogP) is 4.55. The molecule has 3 rings (SSSR count). The molecular formula is C19H13BrClN3O5. The van der Waals surface area contributed by atoms with Gasteiger partial charge in [0.2, 0.25) is 0 Å². The van der Waals surface area contributed by atoms with Gasteiger partial charge in [0.15, 0.2) is 0 Å². The third-order valence-corrected chi connectivity index (χ3v) is 4.52. The molecular weight excluding hydrogens is 466 g/mol. The van der Waals surface area contributed by atoms with E-state index >= 15 is 0 Å². The molecule has 0 aliphatic heterocycles. The third kappa shape index (κ3) is 5.21. The van der Waals surface area contributed by atoms with Gasteiger partial charge in [0.25, 0.3) is 5.88 Å². The number of rotatable bonds is 6. The molecule has 29 heavy (non-hydrogen) atoms. The normalized spacial score (nSPS) is 11.0. The first-order valence-corrected chi connectivity index (χ1v) is 9.33. The summed E-state index contributed by atoms with van der Waals surface area (Å²) in [6, 6.07) is 12.6. The van der Waals surface area contributed by atoms with Crippen molar-refractivity contribution in [2.45, 2.75) is 6.61 Å². The average Bonchev–Trinajstić information content (AvgIpc) is 2.66. The Morgan fingerprint density at radius 3 is 2.62 bits per heavy atom. The number of benzene rings is 2. The molecule has 0 atom stereocenters. The van der Waals surface area contributed by atoms with E-state index in [1.165, 1.54) is 6.08 Å². The Balaban J connectivity index is 1.85. The molecule has 0 spiro atoms. The number of ether oxygens (including phenoxy) is 1. The SMILES string of the molecule is O=c1[nH]c(/C=C\c2cc(Br)ccc2OCc2ccc(Cl)cc2)nc(O)c1[N+](=O)[O-]. The maximum absolute atomic E-state index is 11.7. The highest BCUT2D eigenvalue weighted by atomic mass is 79.9. The van der Waals surface area contributed by atoms with Gasteiger partial charge in [-0.25, -0.2) is 0 Å². The highest BCUT2D eigenvalue weighted by molar-refractivity contribution is 9.10. The van der Waals surface area contributed by atoms with Crippen LogP contribution in [0.3, 0.4) is 0 Å². The van der Waals surface area contributed by atoms with Crippen molar-refractivity contribution in [2.24, 2.45) is 0 Å². The number of aromatic amines is 1. The van der Waals surface area contributed by atoms with E-state index in [2.05, 4.69) is 25.9 Å². The van der Waals surface area contributed by atoms with Crippen LogP contribution in [0.5, 0.6) is 11.6 Å². The summed E-state index contributed by atoms with van der Waals surface area (Å²) in [5.41, 5.74) is -0.459. The standard InChI is InChI=1S/C19H13BrClN3O5/c20-13-4-7-15(29-10-11-1-5-14(21)6-2-11)12(9-13)3-8-16-22-18(25)17(24(27)28)19(26)23-16/h1-9H,10H2,(H2,22,23,25,26)/b8-3-. The van der Waals surface area contributed by atoms with Crippen LogP contribution in [0.15, 0.2) is 51.7 Å². The summed E-state index contributed by atoms with van der Waals surface area (Å²) in [6.07, 6.45) is 3.01. The summed E-state index contributed by atoms with van der Waals surface area (Å²) in [5.74, 6) is -0.429. The van der Waals surface area contributed by atoms with Crippen molar-refractivity contribution < 1.29 is 14.8 Å². The van der Waals surface area contributed by atoms with Gasteiger partial charge in [0.05, 0.1) is 4.92 Å². The minimum atomic E-state index is -1.05. The Morgan fingerprint density at radius 2 is 1.97 bits per heavy atom.